The minimum atomic E-state index is -0.280. The van der Waals surface area contributed by atoms with Crippen LogP contribution in [0.4, 0.5) is 0 Å². The van der Waals surface area contributed by atoms with Crippen molar-refractivity contribution in [2.75, 3.05) is 6.79 Å². The zero-order chi connectivity index (χ0) is 16.7. The number of carbonyl (C=O) groups is 1. The molecule has 1 aliphatic heterocycles. The van der Waals surface area contributed by atoms with Gasteiger partial charge in [-0.25, -0.2) is 0 Å². The van der Waals surface area contributed by atoms with Crippen LogP contribution in [0.25, 0.3) is 11.0 Å². The van der Waals surface area contributed by atoms with E-state index < -0.39 is 0 Å². The Morgan fingerprint density at radius 3 is 2.88 bits per heavy atom. The average molecular weight is 344 g/mol. The van der Waals surface area contributed by atoms with Crippen LogP contribution < -0.4 is 14.8 Å². The number of halogens is 1. The number of hydrogen-bond acceptors (Lipinski definition) is 4. The summed E-state index contributed by atoms with van der Waals surface area (Å²) in [4.78, 5) is 12.4. The highest BCUT2D eigenvalue weighted by Crippen LogP contribution is 2.33. The first-order chi connectivity index (χ1) is 11.6. The highest BCUT2D eigenvalue weighted by Gasteiger charge is 2.19. The quantitative estimate of drug-likeness (QED) is 0.779. The number of para-hydroxylation sites is 1. The number of furan rings is 1. The van der Waals surface area contributed by atoms with Crippen molar-refractivity contribution in [3.8, 4) is 11.5 Å². The molecule has 4 rings (SSSR count). The normalized spacial score (nSPS) is 12.6. The van der Waals surface area contributed by atoms with Crippen molar-refractivity contribution in [3.05, 3.63) is 58.3 Å². The number of carbonyl (C=O) groups excluding carboxylic acids is 1. The van der Waals surface area contributed by atoms with Gasteiger partial charge >= 0.3 is 0 Å². The van der Waals surface area contributed by atoms with E-state index in [9.17, 15) is 4.79 Å². The van der Waals surface area contributed by atoms with Gasteiger partial charge in [-0.2, -0.15) is 0 Å². The third-order valence-corrected chi connectivity index (χ3v) is 4.31. The molecule has 0 aliphatic carbocycles. The minimum Gasteiger partial charge on any atom is -0.454 e. The predicted octanol–water partition coefficient (Wildman–Crippen LogP) is 4.05. The molecule has 5 nitrogen and oxygen atoms in total. The molecule has 1 aliphatic rings. The molecule has 2 heterocycles. The summed E-state index contributed by atoms with van der Waals surface area (Å²) in [5.74, 6) is 1.40. The van der Waals surface area contributed by atoms with E-state index in [1.165, 1.54) is 0 Å². The van der Waals surface area contributed by atoms with Gasteiger partial charge in [-0.3, -0.25) is 4.79 Å². The van der Waals surface area contributed by atoms with Gasteiger partial charge in [0.05, 0.1) is 5.02 Å². The molecular weight excluding hydrogens is 330 g/mol. The molecule has 0 radical (unpaired) electrons. The standard InChI is InChI=1S/C18H14ClNO4/c1-10-12-3-2-4-13(19)17(12)24-16(10)18(21)20-8-11-5-6-14-15(7-11)23-9-22-14/h2-7H,8-9H2,1H3,(H,20,21). The summed E-state index contributed by atoms with van der Waals surface area (Å²) in [6, 6.07) is 11.0. The van der Waals surface area contributed by atoms with Crippen LogP contribution in [-0.4, -0.2) is 12.7 Å². The second-order valence-corrected chi connectivity index (χ2v) is 5.95. The highest BCUT2D eigenvalue weighted by molar-refractivity contribution is 6.35. The van der Waals surface area contributed by atoms with E-state index in [2.05, 4.69) is 5.32 Å². The third kappa shape index (κ3) is 2.47. The summed E-state index contributed by atoms with van der Waals surface area (Å²) in [5, 5.41) is 4.19. The van der Waals surface area contributed by atoms with E-state index in [0.29, 0.717) is 28.6 Å². The van der Waals surface area contributed by atoms with E-state index in [0.717, 1.165) is 16.5 Å². The van der Waals surface area contributed by atoms with Crippen LogP contribution in [0.15, 0.2) is 40.8 Å². The second kappa shape index (κ2) is 5.76. The molecule has 0 unspecified atom stereocenters. The van der Waals surface area contributed by atoms with Crippen LogP contribution in [0, 0.1) is 6.92 Å². The maximum atomic E-state index is 12.4. The molecule has 0 bridgehead atoms. The van der Waals surface area contributed by atoms with Crippen LogP contribution in [0.1, 0.15) is 21.7 Å². The van der Waals surface area contributed by atoms with Crippen molar-refractivity contribution in [1.82, 2.24) is 5.32 Å². The molecule has 0 saturated carbocycles. The molecule has 0 spiro atoms. The molecule has 0 fully saturated rings. The lowest BCUT2D eigenvalue weighted by Crippen LogP contribution is -2.22. The molecule has 6 heteroatoms. The minimum absolute atomic E-state index is 0.226. The fourth-order valence-corrected chi connectivity index (χ4v) is 2.95. The summed E-state index contributed by atoms with van der Waals surface area (Å²) in [6.45, 7) is 2.43. The first-order valence-corrected chi connectivity index (χ1v) is 7.85. The van der Waals surface area contributed by atoms with E-state index in [4.69, 9.17) is 25.5 Å². The van der Waals surface area contributed by atoms with E-state index in [1.54, 1.807) is 6.07 Å². The number of amides is 1. The number of nitrogens with one attached hydrogen (secondary N) is 1. The lowest BCUT2D eigenvalue weighted by Gasteiger charge is -2.05. The molecule has 0 saturated heterocycles. The summed E-state index contributed by atoms with van der Waals surface area (Å²) in [6.07, 6.45) is 0. The maximum Gasteiger partial charge on any atom is 0.287 e. The van der Waals surface area contributed by atoms with Crippen LogP contribution in [-0.2, 0) is 6.54 Å². The fraction of sp³-hybridized carbons (Fsp3) is 0.167. The number of ether oxygens (including phenoxy) is 2. The van der Waals surface area contributed by atoms with Crippen LogP contribution >= 0.6 is 11.6 Å². The smallest absolute Gasteiger partial charge is 0.287 e. The summed E-state index contributed by atoms with van der Waals surface area (Å²) in [7, 11) is 0. The molecule has 1 aromatic heterocycles. The van der Waals surface area contributed by atoms with Gasteiger partial charge in [0.2, 0.25) is 6.79 Å². The van der Waals surface area contributed by atoms with E-state index >= 15 is 0 Å². The SMILES string of the molecule is Cc1c(C(=O)NCc2ccc3c(c2)OCO3)oc2c(Cl)cccc12. The Labute approximate surface area is 143 Å². The molecule has 2 aromatic carbocycles. The van der Waals surface area contributed by atoms with Crippen molar-refractivity contribution in [2.45, 2.75) is 13.5 Å². The first-order valence-electron chi connectivity index (χ1n) is 7.48. The fourth-order valence-electron chi connectivity index (χ4n) is 2.74. The molecule has 1 N–H and O–H groups in total. The molecule has 3 aromatic rings. The molecule has 24 heavy (non-hydrogen) atoms. The summed E-state index contributed by atoms with van der Waals surface area (Å²) in [5.41, 5.74) is 2.22. The Hall–Kier alpha value is -2.66. The van der Waals surface area contributed by atoms with Gasteiger partial charge in [0.25, 0.3) is 5.91 Å². The number of aryl methyl sites for hydroxylation is 1. The summed E-state index contributed by atoms with van der Waals surface area (Å²) >= 11 is 6.12. The summed E-state index contributed by atoms with van der Waals surface area (Å²) < 4.78 is 16.3. The molecule has 122 valence electrons. The average Bonchev–Trinajstić information content (AvgIpc) is 3.18. The zero-order valence-corrected chi connectivity index (χ0v) is 13.6. The number of hydrogen-bond donors (Lipinski definition) is 1. The van der Waals surface area contributed by atoms with Crippen molar-refractivity contribution < 1.29 is 18.7 Å². The maximum absolute atomic E-state index is 12.4. The van der Waals surface area contributed by atoms with E-state index in [-0.39, 0.29) is 18.5 Å². The molecule has 1 amide bonds. The Morgan fingerprint density at radius 2 is 2.04 bits per heavy atom. The van der Waals surface area contributed by atoms with E-state index in [1.807, 2.05) is 37.3 Å². The second-order valence-electron chi connectivity index (χ2n) is 5.54. The number of fused-ring (bicyclic) bond motifs is 2. The molecule has 0 atom stereocenters. The Bertz CT molecular complexity index is 948. The highest BCUT2D eigenvalue weighted by atomic mass is 35.5. The van der Waals surface area contributed by atoms with Gasteiger partial charge in [0.15, 0.2) is 22.8 Å². The lowest BCUT2D eigenvalue weighted by molar-refractivity contribution is 0.0924. The van der Waals surface area contributed by atoms with Gasteiger partial charge in [-0.1, -0.05) is 29.8 Å². The Balaban J connectivity index is 1.54. The van der Waals surface area contributed by atoms with Crippen LogP contribution in [0.2, 0.25) is 5.02 Å². The van der Waals surface area contributed by atoms with Crippen molar-refractivity contribution >= 4 is 28.5 Å². The number of benzene rings is 2. The predicted molar refractivity (Wildman–Crippen MR) is 89.7 cm³/mol. The van der Waals surface area contributed by atoms with Crippen LogP contribution in [0.3, 0.4) is 0 Å². The van der Waals surface area contributed by atoms with Crippen molar-refractivity contribution in [1.29, 1.82) is 0 Å². The lowest BCUT2D eigenvalue weighted by atomic mass is 10.1. The molecular formula is C18H14ClNO4. The van der Waals surface area contributed by atoms with Gasteiger partial charge in [-0.05, 0) is 30.7 Å². The largest absolute Gasteiger partial charge is 0.454 e. The Kier molecular flexibility index (Phi) is 3.58. The van der Waals surface area contributed by atoms with Gasteiger partial charge in [-0.15, -0.1) is 0 Å². The van der Waals surface area contributed by atoms with Gasteiger partial charge < -0.3 is 19.2 Å². The van der Waals surface area contributed by atoms with Crippen LogP contribution in [0.5, 0.6) is 11.5 Å². The number of rotatable bonds is 3. The van der Waals surface area contributed by atoms with Crippen molar-refractivity contribution in [2.24, 2.45) is 0 Å². The monoisotopic (exact) mass is 343 g/mol. The topological polar surface area (TPSA) is 60.7 Å². The Morgan fingerprint density at radius 1 is 1.21 bits per heavy atom. The third-order valence-electron chi connectivity index (χ3n) is 4.01. The van der Waals surface area contributed by atoms with Crippen molar-refractivity contribution in [3.63, 3.8) is 0 Å². The zero-order valence-electron chi connectivity index (χ0n) is 12.9. The van der Waals surface area contributed by atoms with Gasteiger partial charge in [0.1, 0.15) is 0 Å². The van der Waals surface area contributed by atoms with Gasteiger partial charge in [0, 0.05) is 17.5 Å². The first kappa shape index (κ1) is 14.9.